The van der Waals surface area contributed by atoms with E-state index in [4.69, 9.17) is 10.4 Å². The number of hydrogen-bond donors (Lipinski definition) is 2. The van der Waals surface area contributed by atoms with Crippen molar-refractivity contribution in [3.8, 4) is 0 Å². The minimum atomic E-state index is -0.639. The van der Waals surface area contributed by atoms with Gasteiger partial charge in [-0.2, -0.15) is 0 Å². The third-order valence-corrected chi connectivity index (χ3v) is 1.63. The maximum Gasteiger partial charge on any atom is 0.116 e. The molecular formula is C10H18O3. The van der Waals surface area contributed by atoms with E-state index < -0.39 is 5.60 Å². The van der Waals surface area contributed by atoms with E-state index in [9.17, 15) is 0 Å². The second-order valence-corrected chi connectivity index (χ2v) is 3.53. The first-order valence-corrected chi connectivity index (χ1v) is 4.28. The van der Waals surface area contributed by atoms with Gasteiger partial charge >= 0.3 is 0 Å². The zero-order valence-electron chi connectivity index (χ0n) is 8.45. The zero-order chi connectivity index (χ0) is 10.3. The van der Waals surface area contributed by atoms with Crippen LogP contribution in [0, 0.1) is 0 Å². The van der Waals surface area contributed by atoms with E-state index in [1.807, 2.05) is 13.0 Å². The lowest BCUT2D eigenvalue weighted by molar-refractivity contribution is -0.297. The molecule has 0 aromatic carbocycles. The molecule has 0 aromatic rings. The summed E-state index contributed by atoms with van der Waals surface area (Å²) in [5.41, 5.74) is 0.451. The van der Waals surface area contributed by atoms with Crippen molar-refractivity contribution in [1.29, 1.82) is 0 Å². The van der Waals surface area contributed by atoms with Gasteiger partial charge in [0.25, 0.3) is 0 Å². The van der Waals surface area contributed by atoms with Crippen molar-refractivity contribution in [2.24, 2.45) is 0 Å². The van der Waals surface area contributed by atoms with Crippen LogP contribution in [0.1, 0.15) is 27.2 Å². The Hall–Kier alpha value is -0.640. The summed E-state index contributed by atoms with van der Waals surface area (Å²) in [4.78, 5) is 4.22. The smallest absolute Gasteiger partial charge is 0.116 e. The molecule has 0 bridgehead atoms. The van der Waals surface area contributed by atoms with Gasteiger partial charge < -0.3 is 5.11 Å². The molecular weight excluding hydrogens is 168 g/mol. The lowest BCUT2D eigenvalue weighted by atomic mass is 10.1. The van der Waals surface area contributed by atoms with Gasteiger partial charge in [-0.15, -0.1) is 0 Å². The van der Waals surface area contributed by atoms with Crippen LogP contribution in [0.3, 0.4) is 0 Å². The van der Waals surface area contributed by atoms with E-state index in [0.717, 1.165) is 12.0 Å². The van der Waals surface area contributed by atoms with Gasteiger partial charge in [-0.3, -0.25) is 5.26 Å². The molecule has 0 amide bonds. The van der Waals surface area contributed by atoms with Crippen LogP contribution < -0.4 is 0 Å². The minimum Gasteiger partial charge on any atom is -0.392 e. The van der Waals surface area contributed by atoms with Crippen molar-refractivity contribution in [1.82, 2.24) is 0 Å². The Balaban J connectivity index is 3.94. The van der Waals surface area contributed by atoms with E-state index in [0.29, 0.717) is 0 Å². The highest BCUT2D eigenvalue weighted by Crippen LogP contribution is 2.10. The Morgan fingerprint density at radius 1 is 1.46 bits per heavy atom. The molecule has 0 spiro atoms. The van der Waals surface area contributed by atoms with Crippen LogP contribution in [-0.2, 0) is 4.89 Å². The van der Waals surface area contributed by atoms with Crippen LogP contribution in [0.4, 0.5) is 0 Å². The number of aliphatic hydroxyl groups is 1. The number of hydrogen-bond acceptors (Lipinski definition) is 3. The molecule has 0 saturated carbocycles. The summed E-state index contributed by atoms with van der Waals surface area (Å²) in [6.45, 7) is 5.52. The van der Waals surface area contributed by atoms with Gasteiger partial charge in [-0.05, 0) is 27.2 Å². The van der Waals surface area contributed by atoms with Crippen LogP contribution in [0.2, 0.25) is 0 Å². The molecule has 2 N–H and O–H groups in total. The Kier molecular flexibility index (Phi) is 5.62. The fourth-order valence-electron chi connectivity index (χ4n) is 0.798. The highest BCUT2D eigenvalue weighted by Gasteiger charge is 2.12. The Bertz CT molecular complexity index is 192. The molecule has 0 heterocycles. The molecule has 0 radical (unpaired) electrons. The zero-order valence-corrected chi connectivity index (χ0v) is 8.45. The third-order valence-electron chi connectivity index (χ3n) is 1.63. The second-order valence-electron chi connectivity index (χ2n) is 3.53. The molecule has 0 aliphatic heterocycles. The minimum absolute atomic E-state index is 0.0690. The van der Waals surface area contributed by atoms with Crippen molar-refractivity contribution < 1.29 is 15.3 Å². The van der Waals surface area contributed by atoms with Crippen molar-refractivity contribution in [3.05, 3.63) is 23.8 Å². The van der Waals surface area contributed by atoms with Crippen molar-refractivity contribution >= 4 is 0 Å². The van der Waals surface area contributed by atoms with Crippen molar-refractivity contribution in [3.63, 3.8) is 0 Å². The van der Waals surface area contributed by atoms with Crippen LogP contribution in [0.15, 0.2) is 23.8 Å². The lowest BCUT2D eigenvalue weighted by Crippen LogP contribution is -2.18. The number of allylic oxidation sites excluding steroid dienone is 2. The molecule has 0 rings (SSSR count). The molecule has 3 heteroatoms. The topological polar surface area (TPSA) is 49.7 Å². The molecule has 13 heavy (non-hydrogen) atoms. The Labute approximate surface area is 79.3 Å². The summed E-state index contributed by atoms with van der Waals surface area (Å²) >= 11 is 0. The Morgan fingerprint density at radius 3 is 2.54 bits per heavy atom. The lowest BCUT2D eigenvalue weighted by Gasteiger charge is -2.14. The van der Waals surface area contributed by atoms with Gasteiger partial charge in [0.05, 0.1) is 6.61 Å². The normalized spacial score (nSPS) is 14.1. The fraction of sp³-hybridized carbons (Fsp3) is 0.600. The van der Waals surface area contributed by atoms with Crippen molar-refractivity contribution in [2.45, 2.75) is 32.8 Å². The summed E-state index contributed by atoms with van der Waals surface area (Å²) in [5, 5.41) is 17.0. The third kappa shape index (κ3) is 6.51. The second kappa shape index (κ2) is 5.91. The van der Waals surface area contributed by atoms with Gasteiger partial charge in [0.15, 0.2) is 0 Å². The number of rotatable bonds is 5. The van der Waals surface area contributed by atoms with E-state index in [1.165, 1.54) is 0 Å². The van der Waals surface area contributed by atoms with Crippen LogP contribution in [0.25, 0.3) is 0 Å². The van der Waals surface area contributed by atoms with E-state index in [2.05, 4.69) is 4.89 Å². The Morgan fingerprint density at radius 2 is 2.08 bits per heavy atom. The van der Waals surface area contributed by atoms with Gasteiger partial charge in [0, 0.05) is 0 Å². The summed E-state index contributed by atoms with van der Waals surface area (Å²) in [5.74, 6) is 0. The standard InChI is InChI=1S/C10H18O3/c1-9(6-8-11)5-4-7-10(2,3)13-12/h4,6-7,11-12H,5,8H2,1-3H3/b7-4+,9-6-. The quantitative estimate of drug-likeness (QED) is 0.393. The molecule has 0 aliphatic rings. The first-order chi connectivity index (χ1) is 6.02. The maximum atomic E-state index is 8.58. The van der Waals surface area contributed by atoms with Crippen molar-refractivity contribution in [2.75, 3.05) is 6.61 Å². The SMILES string of the molecule is C/C(=C/CO)C/C=C/C(C)(C)OO. The molecule has 0 aromatic heterocycles. The summed E-state index contributed by atoms with van der Waals surface area (Å²) in [6.07, 6.45) is 6.18. The monoisotopic (exact) mass is 186 g/mol. The summed E-state index contributed by atoms with van der Waals surface area (Å²) in [6, 6.07) is 0. The van der Waals surface area contributed by atoms with Gasteiger partial charge in [0.1, 0.15) is 5.60 Å². The van der Waals surface area contributed by atoms with Gasteiger partial charge in [0.2, 0.25) is 0 Å². The first kappa shape index (κ1) is 12.4. The molecule has 76 valence electrons. The molecule has 3 nitrogen and oxygen atoms in total. The average Bonchev–Trinajstić information content (AvgIpc) is 2.05. The molecule has 0 saturated heterocycles. The van der Waals surface area contributed by atoms with Crippen LogP contribution >= 0.6 is 0 Å². The average molecular weight is 186 g/mol. The molecule has 0 fully saturated rings. The fourth-order valence-corrected chi connectivity index (χ4v) is 0.798. The summed E-state index contributed by atoms with van der Waals surface area (Å²) in [7, 11) is 0. The molecule has 0 unspecified atom stereocenters. The molecule has 0 atom stereocenters. The summed E-state index contributed by atoms with van der Waals surface area (Å²) < 4.78 is 0. The number of aliphatic hydroxyl groups excluding tert-OH is 1. The van der Waals surface area contributed by atoms with Gasteiger partial charge in [-0.1, -0.05) is 23.8 Å². The van der Waals surface area contributed by atoms with E-state index in [-0.39, 0.29) is 6.61 Å². The van der Waals surface area contributed by atoms with Gasteiger partial charge in [-0.25, -0.2) is 4.89 Å². The molecule has 0 aliphatic carbocycles. The van der Waals surface area contributed by atoms with Crippen LogP contribution in [-0.4, -0.2) is 22.6 Å². The van der Waals surface area contributed by atoms with Crippen LogP contribution in [0.5, 0.6) is 0 Å². The maximum absolute atomic E-state index is 8.58. The highest BCUT2D eigenvalue weighted by molar-refractivity contribution is 5.07. The van der Waals surface area contributed by atoms with E-state index in [1.54, 1.807) is 26.0 Å². The predicted octanol–water partition coefficient (Wildman–Crippen LogP) is 2.14. The first-order valence-electron chi connectivity index (χ1n) is 4.28. The highest BCUT2D eigenvalue weighted by atomic mass is 17.1. The van der Waals surface area contributed by atoms with E-state index >= 15 is 0 Å². The largest absolute Gasteiger partial charge is 0.392 e. The predicted molar refractivity (Wildman–Crippen MR) is 52.4 cm³/mol.